The third-order valence-electron chi connectivity index (χ3n) is 9.70. The minimum atomic E-state index is -1.21. The highest BCUT2D eigenvalue weighted by atomic mass is 16.6. The van der Waals surface area contributed by atoms with Crippen molar-refractivity contribution in [2.24, 2.45) is 11.8 Å². The van der Waals surface area contributed by atoms with Gasteiger partial charge in [-0.1, -0.05) is 79.7 Å². The Kier molecular flexibility index (Phi) is 9.71. The van der Waals surface area contributed by atoms with Crippen LogP contribution >= 0.6 is 0 Å². The molecule has 2 aromatic rings. The molecule has 3 aliphatic rings. The summed E-state index contributed by atoms with van der Waals surface area (Å²) in [5.41, 5.74) is -0.231. The van der Waals surface area contributed by atoms with E-state index in [0.717, 1.165) is 11.1 Å². The summed E-state index contributed by atoms with van der Waals surface area (Å²) in [5.74, 6) is -2.79. The number of benzene rings is 2. The molecule has 2 aromatic carbocycles. The van der Waals surface area contributed by atoms with Crippen molar-refractivity contribution in [3.05, 3.63) is 97.1 Å². The molecule has 3 saturated heterocycles. The Labute approximate surface area is 260 Å². The van der Waals surface area contributed by atoms with Crippen LogP contribution in [-0.2, 0) is 36.8 Å². The molecule has 234 valence electrons. The van der Waals surface area contributed by atoms with E-state index < -0.39 is 41.1 Å². The number of aliphatic hydroxyl groups is 1. The number of hydrogen-bond donors (Lipinski definition) is 1. The van der Waals surface area contributed by atoms with Crippen LogP contribution in [0.25, 0.3) is 0 Å². The summed E-state index contributed by atoms with van der Waals surface area (Å²) in [7, 11) is 0. The summed E-state index contributed by atoms with van der Waals surface area (Å²) < 4.78 is 12.6. The molecular weight excluding hydrogens is 556 g/mol. The van der Waals surface area contributed by atoms with Crippen molar-refractivity contribution in [2.45, 2.75) is 75.3 Å². The van der Waals surface area contributed by atoms with Gasteiger partial charge in [-0.3, -0.25) is 14.4 Å². The summed E-state index contributed by atoms with van der Waals surface area (Å²) in [4.78, 5) is 46.5. The molecule has 2 amide bonds. The molecule has 0 aliphatic carbocycles. The summed E-state index contributed by atoms with van der Waals surface area (Å²) in [5, 5.41) is 10.7. The van der Waals surface area contributed by atoms with E-state index >= 15 is 0 Å². The van der Waals surface area contributed by atoms with Gasteiger partial charge < -0.3 is 24.4 Å². The largest absolute Gasteiger partial charge is 0.465 e. The van der Waals surface area contributed by atoms with Crippen molar-refractivity contribution in [1.29, 1.82) is 0 Å². The van der Waals surface area contributed by atoms with Crippen molar-refractivity contribution in [2.75, 3.05) is 19.8 Å². The molecule has 2 bridgehead atoms. The molecule has 3 heterocycles. The molecule has 1 spiro atoms. The second-order valence-corrected chi connectivity index (χ2v) is 12.2. The van der Waals surface area contributed by atoms with E-state index in [9.17, 15) is 19.5 Å². The van der Waals surface area contributed by atoms with Crippen molar-refractivity contribution in [3.8, 4) is 0 Å². The van der Waals surface area contributed by atoms with Crippen LogP contribution in [0.15, 0.2) is 86.0 Å². The minimum absolute atomic E-state index is 0.221. The normalized spacial score (nSPS) is 27.5. The van der Waals surface area contributed by atoms with Crippen molar-refractivity contribution < 1.29 is 29.0 Å². The number of unbranched alkanes of at least 4 members (excludes halogenated alkanes) is 1. The van der Waals surface area contributed by atoms with Gasteiger partial charge in [-0.15, -0.1) is 13.2 Å². The maximum atomic E-state index is 14.8. The molecule has 3 aliphatic heterocycles. The highest BCUT2D eigenvalue weighted by molar-refractivity contribution is 5.98. The number of likely N-dealkylation sites (tertiary alicyclic amines) is 1. The van der Waals surface area contributed by atoms with Crippen molar-refractivity contribution in [1.82, 2.24) is 9.80 Å². The summed E-state index contributed by atoms with van der Waals surface area (Å²) in [6.45, 7) is 10.0. The van der Waals surface area contributed by atoms with Gasteiger partial charge >= 0.3 is 5.97 Å². The van der Waals surface area contributed by atoms with Gasteiger partial charge in [0.2, 0.25) is 11.8 Å². The molecule has 8 heteroatoms. The van der Waals surface area contributed by atoms with Gasteiger partial charge in [0, 0.05) is 13.1 Å². The second kappa shape index (κ2) is 13.5. The number of aliphatic hydroxyl groups excluding tert-OH is 1. The predicted octanol–water partition coefficient (Wildman–Crippen LogP) is 4.47. The second-order valence-electron chi connectivity index (χ2n) is 12.2. The highest BCUT2D eigenvalue weighted by Crippen LogP contribution is 2.65. The average molecular weight is 601 g/mol. The fraction of sp³-hybridized carbons (Fsp3) is 0.472. The fourth-order valence-corrected chi connectivity index (χ4v) is 7.68. The maximum absolute atomic E-state index is 14.8. The molecule has 6 atom stereocenters. The van der Waals surface area contributed by atoms with E-state index in [1.54, 1.807) is 22.0 Å². The molecule has 0 saturated carbocycles. The first-order chi connectivity index (χ1) is 21.4. The SMILES string of the molecule is C=CCCCOC(=O)[C@@H]1[C@H]2C(=O)N([C@@H](CO)Cc3ccccc3)C(C(=O)N(CC=C)Cc3ccccc3)C23CC[C@@]1(CC)O3. The van der Waals surface area contributed by atoms with Gasteiger partial charge in [0.15, 0.2) is 0 Å². The number of allylic oxidation sites excluding steroid dienone is 1. The van der Waals surface area contributed by atoms with Crippen LogP contribution in [-0.4, -0.2) is 75.7 Å². The number of hydrogen-bond acceptors (Lipinski definition) is 6. The third-order valence-corrected chi connectivity index (χ3v) is 9.70. The topological polar surface area (TPSA) is 96.4 Å². The number of nitrogens with zero attached hydrogens (tertiary/aromatic N) is 2. The Balaban J connectivity index is 1.57. The van der Waals surface area contributed by atoms with Gasteiger partial charge in [-0.25, -0.2) is 0 Å². The van der Waals surface area contributed by atoms with Crippen LogP contribution in [0.5, 0.6) is 0 Å². The van der Waals surface area contributed by atoms with E-state index in [4.69, 9.17) is 9.47 Å². The molecule has 44 heavy (non-hydrogen) atoms. The van der Waals surface area contributed by atoms with E-state index in [-0.39, 0.29) is 31.6 Å². The van der Waals surface area contributed by atoms with Crippen LogP contribution in [0.1, 0.15) is 50.2 Å². The van der Waals surface area contributed by atoms with Crippen molar-refractivity contribution in [3.63, 3.8) is 0 Å². The Bertz CT molecular complexity index is 1350. The first-order valence-corrected chi connectivity index (χ1v) is 15.7. The number of esters is 1. The lowest BCUT2D eigenvalue weighted by Gasteiger charge is -2.39. The van der Waals surface area contributed by atoms with E-state index in [2.05, 4.69) is 13.2 Å². The number of carbonyl (C=O) groups is 3. The summed E-state index contributed by atoms with van der Waals surface area (Å²) in [6, 6.07) is 17.6. The van der Waals surface area contributed by atoms with Gasteiger partial charge in [-0.05, 0) is 49.7 Å². The minimum Gasteiger partial charge on any atom is -0.465 e. The lowest BCUT2D eigenvalue weighted by molar-refractivity contribution is -0.163. The molecule has 8 nitrogen and oxygen atoms in total. The average Bonchev–Trinajstić information content (AvgIpc) is 3.66. The molecule has 2 unspecified atom stereocenters. The predicted molar refractivity (Wildman–Crippen MR) is 167 cm³/mol. The zero-order valence-corrected chi connectivity index (χ0v) is 25.6. The summed E-state index contributed by atoms with van der Waals surface area (Å²) >= 11 is 0. The Hall–Kier alpha value is -3.75. The zero-order chi connectivity index (χ0) is 31.3. The van der Waals surface area contributed by atoms with Gasteiger partial charge in [-0.2, -0.15) is 0 Å². The number of rotatable bonds is 15. The highest BCUT2D eigenvalue weighted by Gasteiger charge is 2.79. The van der Waals surface area contributed by atoms with E-state index in [1.165, 1.54) is 0 Å². The number of ether oxygens (including phenoxy) is 2. The van der Waals surface area contributed by atoms with Crippen LogP contribution in [0, 0.1) is 11.8 Å². The number of carbonyl (C=O) groups excluding carboxylic acids is 3. The monoisotopic (exact) mass is 600 g/mol. The third kappa shape index (κ3) is 5.61. The Morgan fingerprint density at radius 3 is 2.39 bits per heavy atom. The van der Waals surface area contributed by atoms with Gasteiger partial charge in [0.25, 0.3) is 0 Å². The first kappa shape index (κ1) is 31.7. The molecule has 0 aromatic heterocycles. The smallest absolute Gasteiger partial charge is 0.312 e. The van der Waals surface area contributed by atoms with Crippen molar-refractivity contribution >= 4 is 17.8 Å². The quantitative estimate of drug-likeness (QED) is 0.184. The van der Waals surface area contributed by atoms with Crippen LogP contribution < -0.4 is 0 Å². The molecule has 5 rings (SSSR count). The summed E-state index contributed by atoms with van der Waals surface area (Å²) in [6.07, 6.45) is 6.67. The van der Waals surface area contributed by atoms with Crippen LogP contribution in [0.2, 0.25) is 0 Å². The van der Waals surface area contributed by atoms with Gasteiger partial charge in [0.05, 0.1) is 30.8 Å². The maximum Gasteiger partial charge on any atom is 0.312 e. The molecule has 3 fully saturated rings. The zero-order valence-electron chi connectivity index (χ0n) is 25.6. The van der Waals surface area contributed by atoms with E-state index in [0.29, 0.717) is 45.1 Å². The molecular formula is C36H44N2O6. The molecule has 1 N–H and O–H groups in total. The number of amides is 2. The fourth-order valence-electron chi connectivity index (χ4n) is 7.68. The lowest BCUT2D eigenvalue weighted by Crippen LogP contribution is -2.59. The van der Waals surface area contributed by atoms with Gasteiger partial charge in [0.1, 0.15) is 17.6 Å². The number of fused-ring (bicyclic) bond motifs is 1. The van der Waals surface area contributed by atoms with E-state index in [1.807, 2.05) is 67.6 Å². The Morgan fingerprint density at radius 1 is 1.09 bits per heavy atom. The standard InChI is InChI=1S/C36H44N2O6/c1-4-7-14-22-43-34(42)30-29-32(40)38(28(25-39)23-26-15-10-8-11-16-26)31(36(29)20-19-35(30,6-3)44-36)33(41)37(21-5-2)24-27-17-12-9-13-18-27/h4-5,8-13,15-18,28-31,39H,1-2,6-7,14,19-25H2,3H3/t28-,29+,30+,31?,35-,36?/m1/s1. The Morgan fingerprint density at radius 2 is 1.77 bits per heavy atom. The first-order valence-electron chi connectivity index (χ1n) is 15.7. The van der Waals surface area contributed by atoms with Crippen LogP contribution in [0.3, 0.4) is 0 Å². The van der Waals surface area contributed by atoms with Crippen LogP contribution in [0.4, 0.5) is 0 Å². The molecule has 0 radical (unpaired) electrons. The lowest BCUT2D eigenvalue weighted by atomic mass is 9.65.